The summed E-state index contributed by atoms with van der Waals surface area (Å²) in [7, 11) is 1.93. The number of aliphatic hydroxyl groups is 1. The van der Waals surface area contributed by atoms with Crippen molar-refractivity contribution in [2.24, 2.45) is 7.05 Å². The van der Waals surface area contributed by atoms with Crippen LogP contribution in [0.5, 0.6) is 0 Å². The zero-order valence-corrected chi connectivity index (χ0v) is 8.20. The minimum Gasteiger partial charge on any atom is -0.393 e. The van der Waals surface area contributed by atoms with Gasteiger partial charge < -0.3 is 5.11 Å². The van der Waals surface area contributed by atoms with Crippen molar-refractivity contribution in [1.29, 1.82) is 0 Å². The van der Waals surface area contributed by atoms with E-state index in [9.17, 15) is 5.11 Å². The van der Waals surface area contributed by atoms with Gasteiger partial charge in [-0.05, 0) is 25.3 Å². The van der Waals surface area contributed by atoms with E-state index >= 15 is 0 Å². The SMILES string of the molecule is Cn1ccc(C2(C)CCC(O)C2)n1. The van der Waals surface area contributed by atoms with Gasteiger partial charge in [-0.15, -0.1) is 0 Å². The average molecular weight is 180 g/mol. The third-order valence-electron chi connectivity index (χ3n) is 3.05. The van der Waals surface area contributed by atoms with Gasteiger partial charge in [-0.25, -0.2) is 0 Å². The van der Waals surface area contributed by atoms with Crippen LogP contribution in [-0.4, -0.2) is 21.0 Å². The van der Waals surface area contributed by atoms with Gasteiger partial charge in [-0.3, -0.25) is 4.68 Å². The quantitative estimate of drug-likeness (QED) is 0.705. The third-order valence-corrected chi connectivity index (χ3v) is 3.05. The summed E-state index contributed by atoms with van der Waals surface area (Å²) in [6, 6.07) is 2.05. The van der Waals surface area contributed by atoms with Crippen molar-refractivity contribution in [2.45, 2.75) is 37.7 Å². The van der Waals surface area contributed by atoms with E-state index in [1.807, 2.05) is 17.9 Å². The maximum atomic E-state index is 9.50. The molecule has 0 aromatic carbocycles. The molecule has 3 nitrogen and oxygen atoms in total. The minimum atomic E-state index is -0.132. The summed E-state index contributed by atoms with van der Waals surface area (Å²) < 4.78 is 1.82. The molecule has 0 bridgehead atoms. The first kappa shape index (κ1) is 8.75. The third kappa shape index (κ3) is 1.48. The Kier molecular flexibility index (Phi) is 1.91. The number of aromatic nitrogens is 2. The summed E-state index contributed by atoms with van der Waals surface area (Å²) in [4.78, 5) is 0. The Hall–Kier alpha value is -0.830. The Morgan fingerprint density at radius 2 is 2.46 bits per heavy atom. The Morgan fingerprint density at radius 3 is 2.92 bits per heavy atom. The number of nitrogens with zero attached hydrogens (tertiary/aromatic N) is 2. The van der Waals surface area contributed by atoms with Gasteiger partial charge in [0.25, 0.3) is 0 Å². The number of hydrogen-bond donors (Lipinski definition) is 1. The van der Waals surface area contributed by atoms with Crippen molar-refractivity contribution < 1.29 is 5.11 Å². The van der Waals surface area contributed by atoms with E-state index in [2.05, 4.69) is 18.1 Å². The maximum absolute atomic E-state index is 9.50. The number of rotatable bonds is 1. The topological polar surface area (TPSA) is 38.0 Å². The van der Waals surface area contributed by atoms with Crippen LogP contribution < -0.4 is 0 Å². The molecule has 0 aliphatic heterocycles. The minimum absolute atomic E-state index is 0.0979. The summed E-state index contributed by atoms with van der Waals surface area (Å²) in [6.45, 7) is 2.19. The lowest BCUT2D eigenvalue weighted by Crippen LogP contribution is -2.19. The summed E-state index contributed by atoms with van der Waals surface area (Å²) in [5.74, 6) is 0. The van der Waals surface area contributed by atoms with Gasteiger partial charge in [0, 0.05) is 18.7 Å². The molecule has 2 atom stereocenters. The summed E-state index contributed by atoms with van der Waals surface area (Å²) in [6.07, 6.45) is 4.64. The zero-order valence-electron chi connectivity index (χ0n) is 8.20. The molecule has 1 saturated carbocycles. The molecule has 72 valence electrons. The second kappa shape index (κ2) is 2.84. The number of hydrogen-bond acceptors (Lipinski definition) is 2. The molecule has 1 aliphatic rings. The zero-order chi connectivity index (χ0) is 9.47. The Morgan fingerprint density at radius 1 is 1.69 bits per heavy atom. The van der Waals surface area contributed by atoms with Crippen LogP contribution >= 0.6 is 0 Å². The van der Waals surface area contributed by atoms with E-state index in [0.717, 1.165) is 25.0 Å². The van der Waals surface area contributed by atoms with Crippen molar-refractivity contribution in [3.8, 4) is 0 Å². The normalized spacial score (nSPS) is 33.9. The summed E-state index contributed by atoms with van der Waals surface area (Å²) >= 11 is 0. The fourth-order valence-electron chi connectivity index (χ4n) is 2.18. The first-order chi connectivity index (χ1) is 6.10. The Labute approximate surface area is 78.4 Å². The standard InChI is InChI=1S/C10H16N2O/c1-10(5-3-8(13)7-10)9-4-6-12(2)11-9/h4,6,8,13H,3,5,7H2,1-2H3. The van der Waals surface area contributed by atoms with Gasteiger partial charge in [-0.1, -0.05) is 6.92 Å². The van der Waals surface area contributed by atoms with Crippen LogP contribution in [0.1, 0.15) is 31.9 Å². The van der Waals surface area contributed by atoms with Gasteiger partial charge >= 0.3 is 0 Å². The number of aryl methyl sites for hydroxylation is 1. The van der Waals surface area contributed by atoms with Crippen molar-refractivity contribution in [2.75, 3.05) is 0 Å². The second-order valence-electron chi connectivity index (χ2n) is 4.33. The predicted molar refractivity (Wildman–Crippen MR) is 50.4 cm³/mol. The first-order valence-corrected chi connectivity index (χ1v) is 4.78. The molecule has 1 aromatic heterocycles. The first-order valence-electron chi connectivity index (χ1n) is 4.78. The molecule has 2 unspecified atom stereocenters. The molecule has 1 aliphatic carbocycles. The average Bonchev–Trinajstić information content (AvgIpc) is 2.60. The van der Waals surface area contributed by atoms with Crippen LogP contribution in [0.15, 0.2) is 12.3 Å². The maximum Gasteiger partial charge on any atom is 0.0684 e. The van der Waals surface area contributed by atoms with E-state index in [4.69, 9.17) is 0 Å². The van der Waals surface area contributed by atoms with Gasteiger partial charge in [0.15, 0.2) is 0 Å². The molecule has 0 amide bonds. The highest BCUT2D eigenvalue weighted by Gasteiger charge is 2.37. The van der Waals surface area contributed by atoms with Crippen molar-refractivity contribution in [3.63, 3.8) is 0 Å². The molecule has 0 saturated heterocycles. The predicted octanol–water partition coefficient (Wildman–Crippen LogP) is 1.22. The van der Waals surface area contributed by atoms with Gasteiger partial charge in [0.1, 0.15) is 0 Å². The van der Waals surface area contributed by atoms with E-state index in [-0.39, 0.29) is 11.5 Å². The van der Waals surface area contributed by atoms with E-state index in [1.54, 1.807) is 0 Å². The van der Waals surface area contributed by atoms with Crippen molar-refractivity contribution in [3.05, 3.63) is 18.0 Å². The van der Waals surface area contributed by atoms with Crippen LogP contribution in [0.4, 0.5) is 0 Å². The molecule has 1 fully saturated rings. The fraction of sp³-hybridized carbons (Fsp3) is 0.700. The smallest absolute Gasteiger partial charge is 0.0684 e. The highest BCUT2D eigenvalue weighted by Crippen LogP contribution is 2.39. The molecule has 13 heavy (non-hydrogen) atoms. The second-order valence-corrected chi connectivity index (χ2v) is 4.33. The molecule has 1 heterocycles. The summed E-state index contributed by atoms with van der Waals surface area (Å²) in [5.41, 5.74) is 1.22. The highest BCUT2D eigenvalue weighted by molar-refractivity contribution is 5.16. The van der Waals surface area contributed by atoms with Crippen molar-refractivity contribution in [1.82, 2.24) is 9.78 Å². The van der Waals surface area contributed by atoms with Gasteiger partial charge in [0.2, 0.25) is 0 Å². The molecule has 3 heteroatoms. The largest absolute Gasteiger partial charge is 0.393 e. The lowest BCUT2D eigenvalue weighted by atomic mass is 9.85. The van der Waals surface area contributed by atoms with Crippen LogP contribution in [0, 0.1) is 0 Å². The lowest BCUT2D eigenvalue weighted by molar-refractivity contribution is 0.174. The monoisotopic (exact) mass is 180 g/mol. The molecular formula is C10H16N2O. The lowest BCUT2D eigenvalue weighted by Gasteiger charge is -2.20. The van der Waals surface area contributed by atoms with E-state index in [0.29, 0.717) is 0 Å². The Balaban J connectivity index is 2.25. The number of aliphatic hydroxyl groups excluding tert-OH is 1. The van der Waals surface area contributed by atoms with Gasteiger partial charge in [0.05, 0.1) is 11.8 Å². The van der Waals surface area contributed by atoms with Crippen LogP contribution in [-0.2, 0) is 12.5 Å². The molecule has 2 rings (SSSR count). The van der Waals surface area contributed by atoms with Crippen LogP contribution in [0.3, 0.4) is 0 Å². The van der Waals surface area contributed by atoms with Crippen LogP contribution in [0.2, 0.25) is 0 Å². The highest BCUT2D eigenvalue weighted by atomic mass is 16.3. The molecule has 1 aromatic rings. The van der Waals surface area contributed by atoms with E-state index < -0.39 is 0 Å². The van der Waals surface area contributed by atoms with E-state index in [1.165, 1.54) is 0 Å². The van der Waals surface area contributed by atoms with Gasteiger partial charge in [-0.2, -0.15) is 5.10 Å². The fourth-order valence-corrected chi connectivity index (χ4v) is 2.18. The van der Waals surface area contributed by atoms with Crippen molar-refractivity contribution >= 4 is 0 Å². The van der Waals surface area contributed by atoms with Crippen LogP contribution in [0.25, 0.3) is 0 Å². The summed E-state index contributed by atoms with van der Waals surface area (Å²) in [5, 5.41) is 13.9. The molecular weight excluding hydrogens is 164 g/mol. The Bertz CT molecular complexity index is 308. The molecule has 0 radical (unpaired) electrons. The molecule has 1 N–H and O–H groups in total. The molecule has 0 spiro atoms.